The normalized spacial score (nSPS) is 12.1. The van der Waals surface area contributed by atoms with E-state index in [1.165, 1.54) is 0 Å². The van der Waals surface area contributed by atoms with Crippen LogP contribution in [0, 0.1) is 0 Å². The topological polar surface area (TPSA) is 123 Å². The predicted molar refractivity (Wildman–Crippen MR) is 82.7 cm³/mol. The van der Waals surface area contributed by atoms with Gasteiger partial charge in [0.1, 0.15) is 12.6 Å². The quantitative estimate of drug-likeness (QED) is 0.295. The molecule has 0 aromatic rings. The van der Waals surface area contributed by atoms with Crippen molar-refractivity contribution >= 4 is 11.9 Å². The number of likely N-dealkylation sites (N-methyl/N-ethyl adjacent to an activating group) is 1. The van der Waals surface area contributed by atoms with Gasteiger partial charge in [0.15, 0.2) is 0 Å². The van der Waals surface area contributed by atoms with Crippen molar-refractivity contribution in [2.24, 2.45) is 5.73 Å². The van der Waals surface area contributed by atoms with Gasteiger partial charge in [0.2, 0.25) is 5.91 Å². The second kappa shape index (κ2) is 14.7. The van der Waals surface area contributed by atoms with E-state index in [0.717, 1.165) is 12.8 Å². The van der Waals surface area contributed by atoms with Crippen LogP contribution in [0.3, 0.4) is 0 Å². The molecule has 0 rings (SSSR count). The Labute approximate surface area is 131 Å². The summed E-state index contributed by atoms with van der Waals surface area (Å²) in [5.41, 5.74) is 5.26. The lowest BCUT2D eigenvalue weighted by Gasteiger charge is -2.12. The zero-order valence-corrected chi connectivity index (χ0v) is 13.3. The Morgan fingerprint density at radius 3 is 2.55 bits per heavy atom. The second-order valence-electron chi connectivity index (χ2n) is 4.75. The third-order valence-electron chi connectivity index (χ3n) is 2.86. The molecule has 0 aliphatic carbocycles. The van der Waals surface area contributed by atoms with E-state index in [4.69, 9.17) is 20.3 Å². The van der Waals surface area contributed by atoms with Crippen LogP contribution in [-0.4, -0.2) is 69.1 Å². The Hall–Kier alpha value is -1.22. The van der Waals surface area contributed by atoms with Crippen molar-refractivity contribution in [3.63, 3.8) is 0 Å². The van der Waals surface area contributed by atoms with Gasteiger partial charge in [0, 0.05) is 13.1 Å². The number of amides is 1. The molecule has 0 heterocycles. The van der Waals surface area contributed by atoms with Crippen molar-refractivity contribution in [1.29, 1.82) is 0 Å². The minimum absolute atomic E-state index is 0.00112. The Morgan fingerprint density at radius 2 is 1.91 bits per heavy atom. The zero-order chi connectivity index (χ0) is 16.6. The number of rotatable bonds is 15. The number of nitrogens with two attached hydrogens (primary N) is 1. The fourth-order valence-corrected chi connectivity index (χ4v) is 1.78. The molecule has 130 valence electrons. The lowest BCUT2D eigenvalue weighted by molar-refractivity contribution is -0.139. The van der Waals surface area contributed by atoms with Gasteiger partial charge in [-0.2, -0.15) is 0 Å². The Kier molecular flexibility index (Phi) is 13.9. The van der Waals surface area contributed by atoms with E-state index in [9.17, 15) is 9.59 Å². The largest absolute Gasteiger partial charge is 0.480 e. The van der Waals surface area contributed by atoms with Crippen LogP contribution in [0.2, 0.25) is 0 Å². The number of aliphatic carboxylic acids is 1. The molecule has 0 spiro atoms. The van der Waals surface area contributed by atoms with Crippen molar-refractivity contribution in [1.82, 2.24) is 10.6 Å². The number of carboxylic acids is 1. The van der Waals surface area contributed by atoms with Gasteiger partial charge in [0.05, 0.1) is 19.8 Å². The maximum Gasteiger partial charge on any atom is 0.320 e. The molecule has 0 aromatic heterocycles. The van der Waals surface area contributed by atoms with Crippen LogP contribution in [0.25, 0.3) is 0 Å². The maximum absolute atomic E-state index is 11.4. The van der Waals surface area contributed by atoms with Gasteiger partial charge in [-0.05, 0) is 25.8 Å². The van der Waals surface area contributed by atoms with Gasteiger partial charge in [0.25, 0.3) is 0 Å². The van der Waals surface area contributed by atoms with E-state index >= 15 is 0 Å². The lowest BCUT2D eigenvalue weighted by Crippen LogP contribution is -2.36. The van der Waals surface area contributed by atoms with Crippen LogP contribution in [0.5, 0.6) is 0 Å². The SMILES string of the molecule is CCN[C@@H](CCCCNC(=O)COCCOCCN)C(=O)O. The molecule has 0 aromatic carbocycles. The molecule has 22 heavy (non-hydrogen) atoms. The van der Waals surface area contributed by atoms with Crippen molar-refractivity contribution in [3.8, 4) is 0 Å². The molecule has 0 saturated carbocycles. The molecule has 0 radical (unpaired) electrons. The van der Waals surface area contributed by atoms with E-state index in [0.29, 0.717) is 45.9 Å². The van der Waals surface area contributed by atoms with Crippen molar-refractivity contribution in [2.75, 3.05) is 46.1 Å². The summed E-state index contributed by atoms with van der Waals surface area (Å²) >= 11 is 0. The fourth-order valence-electron chi connectivity index (χ4n) is 1.78. The summed E-state index contributed by atoms with van der Waals surface area (Å²) in [4.78, 5) is 22.3. The Balaban J connectivity index is 3.46. The van der Waals surface area contributed by atoms with Crippen molar-refractivity contribution < 1.29 is 24.2 Å². The lowest BCUT2D eigenvalue weighted by atomic mass is 10.1. The molecule has 1 amide bonds. The van der Waals surface area contributed by atoms with Crippen molar-refractivity contribution in [3.05, 3.63) is 0 Å². The molecular formula is C14H29N3O5. The molecule has 0 unspecified atom stereocenters. The molecule has 8 nitrogen and oxygen atoms in total. The van der Waals surface area contributed by atoms with E-state index in [-0.39, 0.29) is 12.5 Å². The molecule has 0 fully saturated rings. The molecule has 8 heteroatoms. The first kappa shape index (κ1) is 20.8. The average molecular weight is 319 g/mol. The Morgan fingerprint density at radius 1 is 1.18 bits per heavy atom. The number of ether oxygens (including phenoxy) is 2. The molecular weight excluding hydrogens is 290 g/mol. The van der Waals surface area contributed by atoms with Crippen molar-refractivity contribution in [2.45, 2.75) is 32.2 Å². The van der Waals surface area contributed by atoms with Crippen LogP contribution in [0.4, 0.5) is 0 Å². The highest BCUT2D eigenvalue weighted by molar-refractivity contribution is 5.77. The highest BCUT2D eigenvalue weighted by Gasteiger charge is 2.14. The number of carbonyl (C=O) groups is 2. The van der Waals surface area contributed by atoms with E-state index < -0.39 is 12.0 Å². The first-order chi connectivity index (χ1) is 10.6. The summed E-state index contributed by atoms with van der Waals surface area (Å²) in [7, 11) is 0. The molecule has 0 aliphatic heterocycles. The van der Waals surface area contributed by atoms with Gasteiger partial charge in [-0.3, -0.25) is 9.59 Å². The minimum Gasteiger partial charge on any atom is -0.480 e. The fraction of sp³-hybridized carbons (Fsp3) is 0.857. The van der Waals surface area contributed by atoms with E-state index in [1.807, 2.05) is 6.92 Å². The smallest absolute Gasteiger partial charge is 0.320 e. The predicted octanol–water partition coefficient (Wildman–Crippen LogP) is -0.672. The number of hydrogen-bond acceptors (Lipinski definition) is 6. The average Bonchev–Trinajstić information content (AvgIpc) is 2.49. The zero-order valence-electron chi connectivity index (χ0n) is 13.3. The van der Waals surface area contributed by atoms with Gasteiger partial charge < -0.3 is 30.9 Å². The molecule has 1 atom stereocenters. The summed E-state index contributed by atoms with van der Waals surface area (Å²) in [6, 6.07) is -0.516. The van der Waals surface area contributed by atoms with Crippen LogP contribution in [0.15, 0.2) is 0 Å². The highest BCUT2D eigenvalue weighted by atomic mass is 16.5. The third kappa shape index (κ3) is 12.5. The van der Waals surface area contributed by atoms with Crippen LogP contribution in [0.1, 0.15) is 26.2 Å². The number of unbranched alkanes of at least 4 members (excludes halogenated alkanes) is 1. The number of hydrogen-bond donors (Lipinski definition) is 4. The summed E-state index contributed by atoms with van der Waals surface area (Å²) in [5.74, 6) is -1.02. The highest BCUT2D eigenvalue weighted by Crippen LogP contribution is 2.00. The second-order valence-corrected chi connectivity index (χ2v) is 4.75. The van der Waals surface area contributed by atoms with E-state index in [1.54, 1.807) is 0 Å². The monoisotopic (exact) mass is 319 g/mol. The standard InChI is InChI=1S/C14H29N3O5/c1-2-16-12(14(19)20)5-3-4-7-17-13(18)11-22-10-9-21-8-6-15/h12,16H,2-11,15H2,1H3,(H,17,18)(H,19,20)/t12-/m0/s1. The van der Waals surface area contributed by atoms with Crippen LogP contribution >= 0.6 is 0 Å². The summed E-state index contributed by atoms with van der Waals surface area (Å²) in [5, 5.41) is 14.6. The first-order valence-electron chi connectivity index (χ1n) is 7.70. The molecule has 0 saturated heterocycles. The minimum atomic E-state index is -0.837. The molecule has 0 aliphatic rings. The first-order valence-corrected chi connectivity index (χ1v) is 7.70. The number of nitrogens with one attached hydrogen (secondary N) is 2. The van der Waals surface area contributed by atoms with Gasteiger partial charge in [-0.25, -0.2) is 0 Å². The Bertz CT molecular complexity index is 302. The molecule has 5 N–H and O–H groups in total. The summed E-state index contributed by atoms with van der Waals surface area (Å²) < 4.78 is 10.2. The number of carboxylic acid groups (broad SMARTS) is 1. The third-order valence-corrected chi connectivity index (χ3v) is 2.86. The summed E-state index contributed by atoms with van der Waals surface area (Å²) in [6.45, 7) is 4.75. The van der Waals surface area contributed by atoms with Gasteiger partial charge in [-0.15, -0.1) is 0 Å². The summed E-state index contributed by atoms with van der Waals surface area (Å²) in [6.07, 6.45) is 2.02. The van der Waals surface area contributed by atoms with E-state index in [2.05, 4.69) is 10.6 Å². The number of carbonyl (C=O) groups excluding carboxylic acids is 1. The van der Waals surface area contributed by atoms with Crippen LogP contribution < -0.4 is 16.4 Å². The molecule has 0 bridgehead atoms. The van der Waals surface area contributed by atoms with Gasteiger partial charge in [-0.1, -0.05) is 6.92 Å². The van der Waals surface area contributed by atoms with Gasteiger partial charge >= 0.3 is 5.97 Å². The van der Waals surface area contributed by atoms with Crippen LogP contribution in [-0.2, 0) is 19.1 Å². The maximum atomic E-state index is 11.4.